The van der Waals surface area contributed by atoms with Crippen molar-refractivity contribution < 1.29 is 4.79 Å². The summed E-state index contributed by atoms with van der Waals surface area (Å²) in [5.41, 5.74) is 9.44. The van der Waals surface area contributed by atoms with Gasteiger partial charge in [0.25, 0.3) is 5.91 Å². The zero-order chi connectivity index (χ0) is 14.1. The molecule has 1 aromatic carbocycles. The van der Waals surface area contributed by atoms with E-state index in [1.807, 2.05) is 25.1 Å². The number of benzene rings is 1. The molecule has 1 amide bonds. The van der Waals surface area contributed by atoms with Gasteiger partial charge >= 0.3 is 0 Å². The fourth-order valence-electron chi connectivity index (χ4n) is 2.10. The van der Waals surface area contributed by atoms with Crippen LogP contribution in [0.4, 0.5) is 11.4 Å². The molecule has 20 heavy (non-hydrogen) atoms. The van der Waals surface area contributed by atoms with E-state index in [0.29, 0.717) is 17.1 Å². The average molecular weight is 266 g/mol. The molecule has 0 radical (unpaired) electrons. The quantitative estimate of drug-likeness (QED) is 0.623. The largest absolute Gasteiger partial charge is 0.399 e. The van der Waals surface area contributed by atoms with Crippen LogP contribution in [-0.2, 0) is 0 Å². The first kappa shape index (κ1) is 12.2. The Morgan fingerprint density at radius 1 is 1.25 bits per heavy atom. The van der Waals surface area contributed by atoms with Gasteiger partial charge < -0.3 is 16.0 Å². The van der Waals surface area contributed by atoms with Gasteiger partial charge in [-0.05, 0) is 42.8 Å². The van der Waals surface area contributed by atoms with Gasteiger partial charge in [-0.2, -0.15) is 0 Å². The third-order valence-electron chi connectivity index (χ3n) is 3.02. The molecule has 3 rings (SSSR count). The molecule has 0 saturated heterocycles. The summed E-state index contributed by atoms with van der Waals surface area (Å²) in [7, 11) is 0. The normalized spacial score (nSPS) is 10.7. The summed E-state index contributed by atoms with van der Waals surface area (Å²) in [4.78, 5) is 19.3. The minimum absolute atomic E-state index is 0.202. The summed E-state index contributed by atoms with van der Waals surface area (Å²) in [5, 5.41) is 3.73. The molecular weight excluding hydrogens is 252 g/mol. The highest BCUT2D eigenvalue weighted by Gasteiger charge is 2.10. The lowest BCUT2D eigenvalue weighted by molar-refractivity contribution is 0.102. The first-order chi connectivity index (χ1) is 9.61. The summed E-state index contributed by atoms with van der Waals surface area (Å²) in [5.74, 6) is -0.202. The maximum Gasteiger partial charge on any atom is 0.272 e. The van der Waals surface area contributed by atoms with Crippen LogP contribution < -0.4 is 11.1 Å². The Morgan fingerprint density at radius 3 is 2.90 bits per heavy atom. The number of carbonyl (C=O) groups is 1. The minimum atomic E-state index is -0.202. The van der Waals surface area contributed by atoms with E-state index in [4.69, 9.17) is 5.73 Å². The number of aromatic amines is 1. The van der Waals surface area contributed by atoms with Crippen molar-refractivity contribution >= 4 is 28.2 Å². The van der Waals surface area contributed by atoms with Crippen molar-refractivity contribution in [1.29, 1.82) is 0 Å². The Hall–Kier alpha value is -2.82. The van der Waals surface area contributed by atoms with Crippen LogP contribution in [0.15, 0.2) is 42.7 Å². The molecule has 2 aromatic heterocycles. The van der Waals surface area contributed by atoms with Crippen LogP contribution in [0.2, 0.25) is 0 Å². The van der Waals surface area contributed by atoms with Gasteiger partial charge in [0, 0.05) is 22.8 Å². The summed E-state index contributed by atoms with van der Waals surface area (Å²) >= 11 is 0. The zero-order valence-corrected chi connectivity index (χ0v) is 11.0. The summed E-state index contributed by atoms with van der Waals surface area (Å²) < 4.78 is 0. The van der Waals surface area contributed by atoms with Crippen LogP contribution >= 0.6 is 0 Å². The number of aromatic nitrogens is 2. The zero-order valence-electron chi connectivity index (χ0n) is 11.0. The second kappa shape index (κ2) is 4.70. The minimum Gasteiger partial charge on any atom is -0.399 e. The van der Waals surface area contributed by atoms with E-state index in [1.54, 1.807) is 24.5 Å². The van der Waals surface area contributed by atoms with Gasteiger partial charge in [-0.1, -0.05) is 0 Å². The predicted octanol–water partition coefficient (Wildman–Crippen LogP) is 2.71. The van der Waals surface area contributed by atoms with Crippen LogP contribution in [0.5, 0.6) is 0 Å². The number of nitrogens with one attached hydrogen (secondary N) is 2. The number of hydrogen-bond acceptors (Lipinski definition) is 3. The number of anilines is 2. The molecule has 0 spiro atoms. The first-order valence-electron chi connectivity index (χ1n) is 6.23. The lowest BCUT2D eigenvalue weighted by Crippen LogP contribution is -2.12. The van der Waals surface area contributed by atoms with E-state index in [-0.39, 0.29) is 5.91 Å². The molecule has 2 heterocycles. The highest BCUT2D eigenvalue weighted by atomic mass is 16.1. The van der Waals surface area contributed by atoms with Crippen molar-refractivity contribution in [3.05, 3.63) is 54.0 Å². The summed E-state index contributed by atoms with van der Waals surface area (Å²) in [6.07, 6.45) is 3.35. The standard InChI is InChI=1S/C15H14N4O/c1-9-4-12(8-17-7-9)18-15(20)14-6-10-5-11(16)2-3-13(10)19-14/h2-8,19H,16H2,1H3,(H,18,20). The van der Waals surface area contributed by atoms with Crippen LogP contribution in [-0.4, -0.2) is 15.9 Å². The molecular formula is C15H14N4O. The molecule has 100 valence electrons. The van der Waals surface area contributed by atoms with Gasteiger partial charge in [0.1, 0.15) is 5.69 Å². The lowest BCUT2D eigenvalue weighted by atomic mass is 10.2. The van der Waals surface area contributed by atoms with Crippen LogP contribution in [0.3, 0.4) is 0 Å². The number of hydrogen-bond donors (Lipinski definition) is 3. The van der Waals surface area contributed by atoms with Crippen molar-refractivity contribution in [3.8, 4) is 0 Å². The van der Waals surface area contributed by atoms with Gasteiger partial charge in [0.05, 0.1) is 11.9 Å². The van der Waals surface area contributed by atoms with E-state index >= 15 is 0 Å². The number of aryl methyl sites for hydroxylation is 1. The van der Waals surface area contributed by atoms with Crippen LogP contribution in [0.25, 0.3) is 10.9 Å². The Morgan fingerprint density at radius 2 is 2.10 bits per heavy atom. The molecule has 0 fully saturated rings. The first-order valence-corrected chi connectivity index (χ1v) is 6.23. The summed E-state index contributed by atoms with van der Waals surface area (Å²) in [6.45, 7) is 1.92. The maximum atomic E-state index is 12.2. The smallest absolute Gasteiger partial charge is 0.272 e. The molecule has 5 nitrogen and oxygen atoms in total. The molecule has 0 aliphatic rings. The number of rotatable bonds is 2. The molecule has 4 N–H and O–H groups in total. The third kappa shape index (κ3) is 2.33. The molecule has 0 unspecified atom stereocenters. The maximum absolute atomic E-state index is 12.2. The molecule has 0 saturated carbocycles. The summed E-state index contributed by atoms with van der Waals surface area (Å²) in [6, 6.07) is 9.13. The second-order valence-corrected chi connectivity index (χ2v) is 4.73. The van der Waals surface area contributed by atoms with Crippen LogP contribution in [0, 0.1) is 6.92 Å². The SMILES string of the molecule is Cc1cncc(NC(=O)c2cc3cc(N)ccc3[nH]2)c1. The average Bonchev–Trinajstić information content (AvgIpc) is 2.81. The number of carbonyl (C=O) groups excluding carboxylic acids is 1. The fraction of sp³-hybridized carbons (Fsp3) is 0.0667. The number of pyridine rings is 1. The lowest BCUT2D eigenvalue weighted by Gasteiger charge is -2.03. The third-order valence-corrected chi connectivity index (χ3v) is 3.02. The molecule has 0 aliphatic carbocycles. The molecule has 5 heteroatoms. The van der Waals surface area contributed by atoms with Gasteiger partial charge in [-0.15, -0.1) is 0 Å². The van der Waals surface area contributed by atoms with Crippen molar-refractivity contribution in [2.45, 2.75) is 6.92 Å². The number of nitrogen functional groups attached to an aromatic ring is 1. The Bertz CT molecular complexity index is 791. The number of amides is 1. The highest BCUT2D eigenvalue weighted by molar-refractivity contribution is 6.06. The second-order valence-electron chi connectivity index (χ2n) is 4.73. The highest BCUT2D eigenvalue weighted by Crippen LogP contribution is 2.19. The van der Waals surface area contributed by atoms with Gasteiger partial charge in [0.2, 0.25) is 0 Å². The van der Waals surface area contributed by atoms with Crippen molar-refractivity contribution in [3.63, 3.8) is 0 Å². The number of fused-ring (bicyclic) bond motifs is 1. The Labute approximate surface area is 115 Å². The van der Waals surface area contributed by atoms with Crippen molar-refractivity contribution in [2.24, 2.45) is 0 Å². The van der Waals surface area contributed by atoms with E-state index < -0.39 is 0 Å². The monoisotopic (exact) mass is 266 g/mol. The molecule has 0 aliphatic heterocycles. The topological polar surface area (TPSA) is 83.8 Å². The van der Waals surface area contributed by atoms with E-state index in [2.05, 4.69) is 15.3 Å². The Balaban J connectivity index is 1.88. The van der Waals surface area contributed by atoms with Gasteiger partial charge in [-0.25, -0.2) is 0 Å². The molecule has 0 atom stereocenters. The van der Waals surface area contributed by atoms with Gasteiger partial charge in [0.15, 0.2) is 0 Å². The molecule has 0 bridgehead atoms. The predicted molar refractivity (Wildman–Crippen MR) is 79.6 cm³/mol. The van der Waals surface area contributed by atoms with E-state index in [0.717, 1.165) is 16.5 Å². The number of nitrogens with zero attached hydrogens (tertiary/aromatic N) is 1. The Kier molecular flexibility index (Phi) is 2.87. The molecule has 3 aromatic rings. The van der Waals surface area contributed by atoms with E-state index in [1.165, 1.54) is 0 Å². The van der Waals surface area contributed by atoms with Crippen molar-refractivity contribution in [1.82, 2.24) is 9.97 Å². The fourth-order valence-corrected chi connectivity index (χ4v) is 2.10. The van der Waals surface area contributed by atoms with Crippen molar-refractivity contribution in [2.75, 3.05) is 11.1 Å². The van der Waals surface area contributed by atoms with E-state index in [9.17, 15) is 4.79 Å². The number of H-pyrrole nitrogens is 1. The van der Waals surface area contributed by atoms with Crippen LogP contribution in [0.1, 0.15) is 16.1 Å². The number of nitrogens with two attached hydrogens (primary N) is 1. The van der Waals surface area contributed by atoms with Gasteiger partial charge in [-0.3, -0.25) is 9.78 Å².